The molecule has 0 bridgehead atoms. The van der Waals surface area contributed by atoms with E-state index >= 15 is 0 Å². The van der Waals surface area contributed by atoms with Gasteiger partial charge in [-0.2, -0.15) is 0 Å². The SMILES string of the molecule is CP(=O)([O-])c1nccn1-c1ccc(Cl)nn1. The number of halogens is 1. The van der Waals surface area contributed by atoms with E-state index in [9.17, 15) is 9.46 Å². The first-order chi connectivity index (χ1) is 7.48. The summed E-state index contributed by atoms with van der Waals surface area (Å²) in [6, 6.07) is 3.09. The molecular formula is C8H7ClN4O2P-. The summed E-state index contributed by atoms with van der Waals surface area (Å²) in [5.74, 6) is 0.356. The Hall–Kier alpha value is -1.23. The Balaban J connectivity index is 2.53. The number of imidazole rings is 1. The van der Waals surface area contributed by atoms with Crippen LogP contribution in [0.3, 0.4) is 0 Å². The number of nitrogens with zero attached hydrogens (tertiary/aromatic N) is 4. The third kappa shape index (κ3) is 2.14. The van der Waals surface area contributed by atoms with Crippen LogP contribution in [0.4, 0.5) is 0 Å². The monoisotopic (exact) mass is 257 g/mol. The zero-order chi connectivity index (χ0) is 11.8. The van der Waals surface area contributed by atoms with E-state index in [0.717, 1.165) is 6.66 Å². The summed E-state index contributed by atoms with van der Waals surface area (Å²) >= 11 is 5.59. The van der Waals surface area contributed by atoms with Crippen molar-refractivity contribution < 1.29 is 9.46 Å². The average molecular weight is 258 g/mol. The van der Waals surface area contributed by atoms with Gasteiger partial charge in [-0.25, -0.2) is 4.98 Å². The summed E-state index contributed by atoms with van der Waals surface area (Å²) in [6.45, 7) is 1.11. The molecule has 0 aliphatic heterocycles. The van der Waals surface area contributed by atoms with Crippen molar-refractivity contribution in [3.63, 3.8) is 0 Å². The predicted molar refractivity (Wildman–Crippen MR) is 57.3 cm³/mol. The fourth-order valence-electron chi connectivity index (χ4n) is 1.21. The number of hydrogen-bond donors (Lipinski definition) is 0. The molecule has 0 N–H and O–H groups in total. The quantitative estimate of drug-likeness (QED) is 0.718. The summed E-state index contributed by atoms with van der Waals surface area (Å²) in [6.07, 6.45) is 2.89. The van der Waals surface area contributed by atoms with Crippen molar-refractivity contribution in [1.82, 2.24) is 19.7 Å². The normalized spacial score (nSPS) is 14.7. The van der Waals surface area contributed by atoms with Gasteiger partial charge in [0.25, 0.3) is 0 Å². The smallest absolute Gasteiger partial charge is 0.161 e. The Morgan fingerprint density at radius 2 is 2.19 bits per heavy atom. The van der Waals surface area contributed by atoms with Gasteiger partial charge in [-0.1, -0.05) is 11.6 Å². The predicted octanol–water partition coefficient (Wildman–Crippen LogP) is 0.209. The molecule has 2 aromatic rings. The van der Waals surface area contributed by atoms with E-state index in [2.05, 4.69) is 15.2 Å². The molecule has 8 heteroatoms. The lowest BCUT2D eigenvalue weighted by Gasteiger charge is -2.17. The van der Waals surface area contributed by atoms with Crippen LogP contribution >= 0.6 is 19.0 Å². The topological polar surface area (TPSA) is 83.7 Å². The summed E-state index contributed by atoms with van der Waals surface area (Å²) < 4.78 is 12.8. The van der Waals surface area contributed by atoms with Crippen molar-refractivity contribution >= 4 is 24.5 Å². The van der Waals surface area contributed by atoms with Gasteiger partial charge in [-0.3, -0.25) is 4.57 Å². The van der Waals surface area contributed by atoms with E-state index in [0.29, 0.717) is 5.82 Å². The van der Waals surface area contributed by atoms with Crippen molar-refractivity contribution in [1.29, 1.82) is 0 Å². The zero-order valence-corrected chi connectivity index (χ0v) is 9.89. The van der Waals surface area contributed by atoms with E-state index in [4.69, 9.17) is 11.6 Å². The first-order valence-corrected chi connectivity index (χ1v) is 6.75. The minimum absolute atomic E-state index is 0.0517. The molecule has 84 valence electrons. The fraction of sp³-hybridized carbons (Fsp3) is 0.125. The van der Waals surface area contributed by atoms with Crippen molar-refractivity contribution in [2.24, 2.45) is 0 Å². The van der Waals surface area contributed by atoms with E-state index in [1.165, 1.54) is 23.0 Å². The lowest BCUT2D eigenvalue weighted by molar-refractivity contribution is -0.170. The van der Waals surface area contributed by atoms with Crippen LogP contribution in [0.15, 0.2) is 24.5 Å². The molecule has 1 atom stereocenters. The Morgan fingerprint density at radius 3 is 2.75 bits per heavy atom. The molecule has 0 saturated carbocycles. The second-order valence-corrected chi connectivity index (χ2v) is 5.64. The van der Waals surface area contributed by atoms with Gasteiger partial charge in [0.05, 0.1) is 7.37 Å². The summed E-state index contributed by atoms with van der Waals surface area (Å²) in [4.78, 5) is 15.2. The highest BCUT2D eigenvalue weighted by Crippen LogP contribution is 2.27. The third-order valence-electron chi connectivity index (χ3n) is 1.85. The van der Waals surface area contributed by atoms with Gasteiger partial charge < -0.3 is 9.46 Å². The number of rotatable bonds is 2. The van der Waals surface area contributed by atoms with Crippen molar-refractivity contribution in [2.45, 2.75) is 0 Å². The van der Waals surface area contributed by atoms with Gasteiger partial charge in [0, 0.05) is 12.4 Å². The third-order valence-corrected chi connectivity index (χ3v) is 3.11. The highest BCUT2D eigenvalue weighted by molar-refractivity contribution is 7.63. The second-order valence-electron chi connectivity index (χ2n) is 3.16. The molecule has 6 nitrogen and oxygen atoms in total. The van der Waals surface area contributed by atoms with Gasteiger partial charge in [-0.15, -0.1) is 10.2 Å². The lowest BCUT2D eigenvalue weighted by atomic mass is 10.5. The van der Waals surface area contributed by atoms with Gasteiger partial charge in [0.2, 0.25) is 0 Å². The van der Waals surface area contributed by atoms with Crippen LogP contribution in [0.25, 0.3) is 5.82 Å². The molecule has 2 heterocycles. The van der Waals surface area contributed by atoms with Crippen LogP contribution in [0.2, 0.25) is 5.15 Å². The Bertz CT molecular complexity index is 547. The van der Waals surface area contributed by atoms with Gasteiger partial charge in [0.1, 0.15) is 0 Å². The molecule has 0 aliphatic rings. The molecule has 0 amide bonds. The Labute approximate surface area is 96.4 Å². The van der Waals surface area contributed by atoms with Crippen LogP contribution in [-0.4, -0.2) is 26.4 Å². The van der Waals surface area contributed by atoms with Gasteiger partial charge in [-0.05, 0) is 18.8 Å². The van der Waals surface area contributed by atoms with Crippen LogP contribution in [-0.2, 0) is 4.57 Å². The molecule has 0 aliphatic carbocycles. The fourth-order valence-corrected chi connectivity index (χ4v) is 2.15. The minimum Gasteiger partial charge on any atom is -0.794 e. The van der Waals surface area contributed by atoms with Crippen molar-refractivity contribution in [3.05, 3.63) is 29.7 Å². The summed E-state index contributed by atoms with van der Waals surface area (Å²) in [7, 11) is -3.68. The standard InChI is InChI=1S/C8H8ClN4O2P/c1-16(14,15)8-10-4-5-13(8)7-3-2-6(9)11-12-7/h2-5H,1H3,(H,14,15)/p-1. The highest BCUT2D eigenvalue weighted by atomic mass is 35.5. The summed E-state index contributed by atoms with van der Waals surface area (Å²) in [5, 5.41) is 7.65. The maximum atomic E-state index is 11.4. The van der Waals surface area contributed by atoms with Crippen molar-refractivity contribution in [3.8, 4) is 5.82 Å². The van der Waals surface area contributed by atoms with Gasteiger partial charge >= 0.3 is 0 Å². The molecule has 1 unspecified atom stereocenters. The number of hydrogen-bond acceptors (Lipinski definition) is 5. The van der Waals surface area contributed by atoms with E-state index in [-0.39, 0.29) is 10.7 Å². The zero-order valence-electron chi connectivity index (χ0n) is 8.24. The second kappa shape index (κ2) is 3.97. The van der Waals surface area contributed by atoms with E-state index < -0.39 is 7.37 Å². The van der Waals surface area contributed by atoms with Crippen LogP contribution in [0.5, 0.6) is 0 Å². The molecule has 0 radical (unpaired) electrons. The minimum atomic E-state index is -3.68. The van der Waals surface area contributed by atoms with Crippen molar-refractivity contribution in [2.75, 3.05) is 6.66 Å². The first-order valence-electron chi connectivity index (χ1n) is 4.30. The number of aromatic nitrogens is 4. The molecule has 2 rings (SSSR count). The van der Waals surface area contributed by atoms with Crippen LogP contribution in [0.1, 0.15) is 0 Å². The molecule has 0 fully saturated rings. The lowest BCUT2D eigenvalue weighted by Crippen LogP contribution is -2.24. The van der Waals surface area contributed by atoms with E-state index in [1.54, 1.807) is 6.07 Å². The molecule has 16 heavy (non-hydrogen) atoms. The maximum absolute atomic E-state index is 11.4. The van der Waals surface area contributed by atoms with Crippen LogP contribution < -0.4 is 10.5 Å². The average Bonchev–Trinajstić information content (AvgIpc) is 2.66. The highest BCUT2D eigenvalue weighted by Gasteiger charge is 2.13. The molecular weight excluding hydrogens is 251 g/mol. The Morgan fingerprint density at radius 1 is 1.44 bits per heavy atom. The largest absolute Gasteiger partial charge is 0.794 e. The van der Waals surface area contributed by atoms with Crippen LogP contribution in [0, 0.1) is 0 Å². The molecule has 2 aromatic heterocycles. The molecule has 0 aromatic carbocycles. The summed E-state index contributed by atoms with van der Waals surface area (Å²) in [5.41, 5.74) is -0.0517. The maximum Gasteiger partial charge on any atom is 0.161 e. The van der Waals surface area contributed by atoms with Gasteiger partial charge in [0.15, 0.2) is 16.5 Å². The molecule has 0 saturated heterocycles. The molecule has 0 spiro atoms. The van der Waals surface area contributed by atoms with E-state index in [1.807, 2.05) is 0 Å². The Kier molecular flexibility index (Phi) is 2.80. The first kappa shape index (κ1) is 11.3.